The zero-order valence-corrected chi connectivity index (χ0v) is 17.3. The smallest absolute Gasteiger partial charge is 0.343 e. The highest BCUT2D eigenvalue weighted by molar-refractivity contribution is 5.95. The average molecular weight is 435 g/mol. The van der Waals surface area contributed by atoms with Gasteiger partial charge in [0, 0.05) is 36.3 Å². The van der Waals surface area contributed by atoms with Crippen molar-refractivity contribution in [2.24, 2.45) is 0 Å². The summed E-state index contributed by atoms with van der Waals surface area (Å²) in [4.78, 5) is 37.0. The van der Waals surface area contributed by atoms with Crippen LogP contribution in [0.5, 0.6) is 0 Å². The van der Waals surface area contributed by atoms with Gasteiger partial charge in [0.15, 0.2) is 5.78 Å². The molecule has 0 aliphatic heterocycles. The molecule has 0 unspecified atom stereocenters. The number of anilines is 1. The lowest BCUT2D eigenvalue weighted by Crippen LogP contribution is -2.33. The third-order valence-electron chi connectivity index (χ3n) is 4.41. The van der Waals surface area contributed by atoms with Crippen LogP contribution in [0.25, 0.3) is 0 Å². The second-order valence-electron chi connectivity index (χ2n) is 7.16. The van der Waals surface area contributed by atoms with Crippen LogP contribution in [0.4, 0.5) is 18.9 Å². The van der Waals surface area contributed by atoms with Crippen molar-refractivity contribution in [3.8, 4) is 0 Å². The molecule has 2 amide bonds. The van der Waals surface area contributed by atoms with Gasteiger partial charge in [0.1, 0.15) is 6.54 Å². The Labute approximate surface area is 178 Å². The molecule has 9 heteroatoms. The number of ketones is 1. The van der Waals surface area contributed by atoms with Crippen molar-refractivity contribution in [1.29, 1.82) is 0 Å². The average Bonchev–Trinajstić information content (AvgIpc) is 2.71. The molecule has 0 spiro atoms. The third kappa shape index (κ3) is 8.59. The van der Waals surface area contributed by atoms with Gasteiger partial charge in [0.25, 0.3) is 5.91 Å². The Morgan fingerprint density at radius 1 is 0.935 bits per heavy atom. The summed E-state index contributed by atoms with van der Waals surface area (Å²) in [6, 6.07) is 12.9. The van der Waals surface area contributed by atoms with Gasteiger partial charge in [-0.2, -0.15) is 13.2 Å². The van der Waals surface area contributed by atoms with Gasteiger partial charge in [-0.25, -0.2) is 0 Å². The molecule has 0 aliphatic carbocycles. The van der Waals surface area contributed by atoms with E-state index in [0.29, 0.717) is 24.3 Å². The predicted octanol–water partition coefficient (Wildman–Crippen LogP) is 3.64. The van der Waals surface area contributed by atoms with Gasteiger partial charge >= 0.3 is 6.18 Å². The van der Waals surface area contributed by atoms with Crippen LogP contribution in [0, 0.1) is 0 Å². The van der Waals surface area contributed by atoms with Crippen LogP contribution in [-0.4, -0.2) is 48.8 Å². The van der Waals surface area contributed by atoms with Gasteiger partial charge in [0.05, 0.1) is 0 Å². The molecule has 0 radical (unpaired) electrons. The van der Waals surface area contributed by atoms with Gasteiger partial charge in [-0.1, -0.05) is 12.1 Å². The van der Waals surface area contributed by atoms with E-state index in [4.69, 9.17) is 0 Å². The van der Waals surface area contributed by atoms with E-state index in [1.54, 1.807) is 36.4 Å². The van der Waals surface area contributed by atoms with Gasteiger partial charge < -0.3 is 15.5 Å². The summed E-state index contributed by atoms with van der Waals surface area (Å²) < 4.78 is 36.5. The molecule has 0 saturated heterocycles. The Kier molecular flexibility index (Phi) is 8.32. The van der Waals surface area contributed by atoms with E-state index in [1.165, 1.54) is 19.1 Å². The molecule has 0 heterocycles. The van der Waals surface area contributed by atoms with Crippen molar-refractivity contribution < 1.29 is 27.6 Å². The van der Waals surface area contributed by atoms with Crippen LogP contribution in [0.2, 0.25) is 0 Å². The minimum Gasteiger partial charge on any atom is -0.343 e. The number of hydrogen-bond acceptors (Lipinski definition) is 4. The van der Waals surface area contributed by atoms with Crippen molar-refractivity contribution >= 4 is 23.3 Å². The van der Waals surface area contributed by atoms with Crippen LogP contribution in [-0.2, 0) is 11.3 Å². The zero-order chi connectivity index (χ0) is 23.0. The fourth-order valence-corrected chi connectivity index (χ4v) is 2.74. The summed E-state index contributed by atoms with van der Waals surface area (Å²) in [6.07, 6.45) is -4.20. The predicted molar refractivity (Wildman–Crippen MR) is 111 cm³/mol. The number of carbonyl (C=O) groups excluding carboxylic acids is 3. The summed E-state index contributed by atoms with van der Waals surface area (Å²) in [5, 5.41) is 4.59. The van der Waals surface area contributed by atoms with Gasteiger partial charge in [-0.3, -0.25) is 14.4 Å². The lowest BCUT2D eigenvalue weighted by molar-refractivity contribution is -0.123. The molecular weight excluding hydrogens is 411 g/mol. The summed E-state index contributed by atoms with van der Waals surface area (Å²) in [5.41, 5.74) is 2.18. The first kappa shape index (κ1) is 24.1. The van der Waals surface area contributed by atoms with Crippen molar-refractivity contribution in [3.05, 3.63) is 65.2 Å². The first-order valence-corrected chi connectivity index (χ1v) is 9.57. The van der Waals surface area contributed by atoms with Crippen molar-refractivity contribution in [2.75, 3.05) is 25.5 Å². The molecule has 6 nitrogen and oxygen atoms in total. The maximum Gasteiger partial charge on any atom is 0.405 e. The maximum atomic E-state index is 12.2. The fraction of sp³-hybridized carbons (Fsp3) is 0.318. The molecule has 166 valence electrons. The summed E-state index contributed by atoms with van der Waals surface area (Å²) >= 11 is 0. The topological polar surface area (TPSA) is 78.5 Å². The SMILES string of the molecule is CC(=O)c1ccc(NC(=O)CCN(C)Cc2ccc(C(=O)NCC(F)(F)F)cc2)cc1. The van der Waals surface area contributed by atoms with Crippen molar-refractivity contribution in [3.63, 3.8) is 0 Å². The van der Waals surface area contributed by atoms with Crippen LogP contribution in [0.1, 0.15) is 39.6 Å². The molecule has 0 fully saturated rings. The van der Waals surface area contributed by atoms with Crippen LogP contribution >= 0.6 is 0 Å². The van der Waals surface area contributed by atoms with E-state index in [1.807, 2.05) is 17.3 Å². The van der Waals surface area contributed by atoms with Crippen LogP contribution in [0.15, 0.2) is 48.5 Å². The molecular formula is C22H24F3N3O3. The molecule has 2 aromatic carbocycles. The summed E-state index contributed by atoms with van der Waals surface area (Å²) in [7, 11) is 1.83. The first-order chi connectivity index (χ1) is 14.5. The minimum absolute atomic E-state index is 0.0468. The number of amides is 2. The van der Waals surface area contributed by atoms with E-state index < -0.39 is 18.6 Å². The van der Waals surface area contributed by atoms with E-state index in [2.05, 4.69) is 5.32 Å². The third-order valence-corrected chi connectivity index (χ3v) is 4.41. The zero-order valence-electron chi connectivity index (χ0n) is 17.3. The van der Waals surface area contributed by atoms with Gasteiger partial charge in [0.2, 0.25) is 5.91 Å². The highest BCUT2D eigenvalue weighted by atomic mass is 19.4. The molecule has 0 atom stereocenters. The number of carbonyl (C=O) groups is 3. The number of halogens is 3. The lowest BCUT2D eigenvalue weighted by atomic mass is 10.1. The molecule has 0 aromatic heterocycles. The number of nitrogens with zero attached hydrogens (tertiary/aromatic N) is 1. The van der Waals surface area contributed by atoms with Crippen molar-refractivity contribution in [2.45, 2.75) is 26.1 Å². The Morgan fingerprint density at radius 2 is 1.52 bits per heavy atom. The number of benzene rings is 2. The largest absolute Gasteiger partial charge is 0.405 e. The van der Waals surface area contributed by atoms with Gasteiger partial charge in [-0.05, 0) is 55.9 Å². The minimum atomic E-state index is -4.46. The van der Waals surface area contributed by atoms with E-state index in [9.17, 15) is 27.6 Å². The quantitative estimate of drug-likeness (QED) is 0.590. The van der Waals surface area contributed by atoms with Gasteiger partial charge in [-0.15, -0.1) is 0 Å². The van der Waals surface area contributed by atoms with Crippen molar-refractivity contribution in [1.82, 2.24) is 10.2 Å². The summed E-state index contributed by atoms with van der Waals surface area (Å²) in [5.74, 6) is -1.00. The van der Waals surface area contributed by atoms with Crippen LogP contribution in [0.3, 0.4) is 0 Å². The number of alkyl halides is 3. The highest BCUT2D eigenvalue weighted by Crippen LogP contribution is 2.14. The first-order valence-electron chi connectivity index (χ1n) is 9.57. The Bertz CT molecular complexity index is 910. The van der Waals surface area contributed by atoms with E-state index in [-0.39, 0.29) is 23.7 Å². The Balaban J connectivity index is 1.77. The van der Waals surface area contributed by atoms with E-state index in [0.717, 1.165) is 5.56 Å². The molecule has 0 aliphatic rings. The molecule has 0 saturated carbocycles. The normalized spacial score (nSPS) is 11.3. The monoisotopic (exact) mass is 435 g/mol. The number of Topliss-reactive ketones (excluding diaryl/α,β-unsaturated/α-hetero) is 1. The molecule has 31 heavy (non-hydrogen) atoms. The molecule has 0 bridgehead atoms. The van der Waals surface area contributed by atoms with E-state index >= 15 is 0 Å². The highest BCUT2D eigenvalue weighted by Gasteiger charge is 2.27. The second kappa shape index (κ2) is 10.7. The number of rotatable bonds is 9. The molecule has 2 rings (SSSR count). The number of hydrogen-bond donors (Lipinski definition) is 2. The standard InChI is InChI=1S/C22H24F3N3O3/c1-15(29)17-7-9-19(10-8-17)27-20(30)11-12-28(2)13-16-3-5-18(6-4-16)21(31)26-14-22(23,24)25/h3-10H,11-14H2,1-2H3,(H,26,31)(H,27,30). The number of nitrogens with one attached hydrogen (secondary N) is 2. The Hall–Kier alpha value is -3.20. The second-order valence-corrected chi connectivity index (χ2v) is 7.16. The summed E-state index contributed by atoms with van der Waals surface area (Å²) in [6.45, 7) is 1.08. The lowest BCUT2D eigenvalue weighted by Gasteiger charge is -2.17. The molecule has 2 N–H and O–H groups in total. The Morgan fingerprint density at radius 3 is 2.06 bits per heavy atom. The fourth-order valence-electron chi connectivity index (χ4n) is 2.74. The maximum absolute atomic E-state index is 12.2. The molecule has 2 aromatic rings. The van der Waals surface area contributed by atoms with Crippen LogP contribution < -0.4 is 10.6 Å².